The molecule has 0 amide bonds. The maximum absolute atomic E-state index is 12.1. The Labute approximate surface area is 125 Å². The summed E-state index contributed by atoms with van der Waals surface area (Å²) in [6, 6.07) is 10.00. The lowest BCUT2D eigenvalue weighted by Crippen LogP contribution is -2.34. The summed E-state index contributed by atoms with van der Waals surface area (Å²) < 4.78 is 0. The fourth-order valence-corrected chi connectivity index (χ4v) is 2.01. The van der Waals surface area contributed by atoms with E-state index >= 15 is 0 Å². The summed E-state index contributed by atoms with van der Waals surface area (Å²) >= 11 is 0. The highest BCUT2D eigenvalue weighted by Gasteiger charge is 2.18. The maximum Gasteiger partial charge on any atom is 0.182 e. The lowest BCUT2D eigenvalue weighted by atomic mass is 10.1. The van der Waals surface area contributed by atoms with E-state index in [4.69, 9.17) is 0 Å². The Morgan fingerprint density at radius 3 is 2.58 bits per heavy atom. The Morgan fingerprint density at radius 1 is 1.26 bits per heavy atom. The largest absolute Gasteiger partial charge is 0.356 e. The summed E-state index contributed by atoms with van der Waals surface area (Å²) in [7, 11) is 0. The SMILES string of the molecule is Br.CCC(C)N1C=CN(CC(=O)c2ccccc2)C1. The molecule has 3 nitrogen and oxygen atoms in total. The Bertz CT molecular complexity index is 433. The van der Waals surface area contributed by atoms with Crippen molar-refractivity contribution in [1.82, 2.24) is 9.80 Å². The van der Waals surface area contributed by atoms with E-state index in [1.807, 2.05) is 36.5 Å². The van der Waals surface area contributed by atoms with Crippen molar-refractivity contribution in [1.29, 1.82) is 0 Å². The monoisotopic (exact) mass is 324 g/mol. The molecule has 1 atom stereocenters. The van der Waals surface area contributed by atoms with Gasteiger partial charge in [0, 0.05) is 24.0 Å². The van der Waals surface area contributed by atoms with Crippen molar-refractivity contribution in [3.8, 4) is 0 Å². The highest BCUT2D eigenvalue weighted by molar-refractivity contribution is 8.93. The molecule has 0 aliphatic carbocycles. The number of halogens is 1. The van der Waals surface area contributed by atoms with Crippen LogP contribution in [-0.4, -0.2) is 34.8 Å². The van der Waals surface area contributed by atoms with Gasteiger partial charge in [-0.25, -0.2) is 0 Å². The number of nitrogens with zero attached hydrogens (tertiary/aromatic N) is 2. The highest BCUT2D eigenvalue weighted by atomic mass is 79.9. The van der Waals surface area contributed by atoms with Crippen LogP contribution in [0, 0.1) is 0 Å². The van der Waals surface area contributed by atoms with Gasteiger partial charge in [0.15, 0.2) is 5.78 Å². The average Bonchev–Trinajstić information content (AvgIpc) is 2.87. The van der Waals surface area contributed by atoms with E-state index in [2.05, 4.69) is 29.8 Å². The molecule has 1 heterocycles. The van der Waals surface area contributed by atoms with Crippen LogP contribution >= 0.6 is 17.0 Å². The quantitative estimate of drug-likeness (QED) is 0.776. The van der Waals surface area contributed by atoms with Gasteiger partial charge in [0.25, 0.3) is 0 Å². The predicted octanol–water partition coefficient (Wildman–Crippen LogP) is 3.29. The lowest BCUT2D eigenvalue weighted by Gasteiger charge is -2.25. The number of carbonyl (C=O) groups is 1. The first-order chi connectivity index (χ1) is 8.70. The molecule has 104 valence electrons. The smallest absolute Gasteiger partial charge is 0.182 e. The van der Waals surface area contributed by atoms with E-state index in [-0.39, 0.29) is 22.8 Å². The lowest BCUT2D eigenvalue weighted by molar-refractivity contribution is 0.0938. The molecule has 1 aromatic rings. The molecule has 0 saturated heterocycles. The molecule has 1 aliphatic heterocycles. The molecule has 0 spiro atoms. The van der Waals surface area contributed by atoms with Crippen LogP contribution in [0.1, 0.15) is 30.6 Å². The molecule has 0 fully saturated rings. The highest BCUT2D eigenvalue weighted by Crippen LogP contribution is 2.13. The summed E-state index contributed by atoms with van der Waals surface area (Å²) in [4.78, 5) is 16.4. The first-order valence-electron chi connectivity index (χ1n) is 6.47. The Hall–Kier alpha value is -1.29. The Balaban J connectivity index is 0.00000180. The molecule has 4 heteroatoms. The normalized spacial score (nSPS) is 15.3. The van der Waals surface area contributed by atoms with Crippen LogP contribution in [0.3, 0.4) is 0 Å². The van der Waals surface area contributed by atoms with Crippen molar-refractivity contribution in [2.45, 2.75) is 26.3 Å². The van der Waals surface area contributed by atoms with Crippen molar-refractivity contribution >= 4 is 22.8 Å². The minimum Gasteiger partial charge on any atom is -0.356 e. The van der Waals surface area contributed by atoms with Crippen LogP contribution in [-0.2, 0) is 0 Å². The Kier molecular flexibility index (Phi) is 6.09. The van der Waals surface area contributed by atoms with Gasteiger partial charge in [0.2, 0.25) is 0 Å². The van der Waals surface area contributed by atoms with Crippen LogP contribution < -0.4 is 0 Å². The molecule has 0 radical (unpaired) electrons. The van der Waals surface area contributed by atoms with E-state index in [1.165, 1.54) is 0 Å². The molecule has 1 unspecified atom stereocenters. The van der Waals surface area contributed by atoms with Gasteiger partial charge < -0.3 is 9.80 Å². The third-order valence-electron chi connectivity index (χ3n) is 3.41. The zero-order chi connectivity index (χ0) is 13.0. The third kappa shape index (κ3) is 4.10. The Morgan fingerprint density at radius 2 is 1.95 bits per heavy atom. The van der Waals surface area contributed by atoms with Crippen molar-refractivity contribution in [3.63, 3.8) is 0 Å². The molecular formula is C15H21BrN2O. The summed E-state index contributed by atoms with van der Waals surface area (Å²) in [5.41, 5.74) is 0.785. The molecular weight excluding hydrogens is 304 g/mol. The van der Waals surface area contributed by atoms with Crippen molar-refractivity contribution < 1.29 is 4.79 Å². The summed E-state index contributed by atoms with van der Waals surface area (Å²) in [5.74, 6) is 0.172. The number of hydrogen-bond donors (Lipinski definition) is 0. The number of rotatable bonds is 5. The maximum atomic E-state index is 12.1. The van der Waals surface area contributed by atoms with Crippen LogP contribution in [0.5, 0.6) is 0 Å². The summed E-state index contributed by atoms with van der Waals surface area (Å²) in [5, 5.41) is 0. The van der Waals surface area contributed by atoms with E-state index in [1.54, 1.807) is 0 Å². The first kappa shape index (κ1) is 15.8. The summed E-state index contributed by atoms with van der Waals surface area (Å²) in [6.45, 7) is 5.64. The molecule has 0 saturated carbocycles. The van der Waals surface area contributed by atoms with Gasteiger partial charge >= 0.3 is 0 Å². The first-order valence-corrected chi connectivity index (χ1v) is 6.47. The van der Waals surface area contributed by atoms with Crippen molar-refractivity contribution in [3.05, 3.63) is 48.3 Å². The van der Waals surface area contributed by atoms with E-state index < -0.39 is 0 Å². The van der Waals surface area contributed by atoms with Gasteiger partial charge in [-0.15, -0.1) is 17.0 Å². The molecule has 0 N–H and O–H groups in total. The van der Waals surface area contributed by atoms with Crippen LogP contribution in [0.2, 0.25) is 0 Å². The minimum atomic E-state index is 0. The molecule has 0 bridgehead atoms. The van der Waals surface area contributed by atoms with Crippen LogP contribution in [0.4, 0.5) is 0 Å². The van der Waals surface area contributed by atoms with Crippen molar-refractivity contribution in [2.24, 2.45) is 0 Å². The minimum absolute atomic E-state index is 0. The fourth-order valence-electron chi connectivity index (χ4n) is 2.01. The number of carbonyl (C=O) groups excluding carboxylic acids is 1. The van der Waals surface area contributed by atoms with Gasteiger partial charge in [0.05, 0.1) is 13.2 Å². The van der Waals surface area contributed by atoms with E-state index in [0.29, 0.717) is 12.6 Å². The number of ketones is 1. The fraction of sp³-hybridized carbons (Fsp3) is 0.400. The standard InChI is InChI=1S/C15H20N2O.BrH/c1-3-13(2)17-10-9-16(12-17)11-15(18)14-7-5-4-6-8-14;/h4-10,13H,3,11-12H2,1-2H3;1H. The van der Waals surface area contributed by atoms with Gasteiger partial charge in [-0.3, -0.25) is 4.79 Å². The number of Topliss-reactive ketones (excluding diaryl/α,β-unsaturated/α-hetero) is 1. The third-order valence-corrected chi connectivity index (χ3v) is 3.41. The van der Waals surface area contributed by atoms with E-state index in [9.17, 15) is 4.79 Å². The second-order valence-corrected chi connectivity index (χ2v) is 4.75. The molecule has 19 heavy (non-hydrogen) atoms. The van der Waals surface area contributed by atoms with Crippen LogP contribution in [0.25, 0.3) is 0 Å². The van der Waals surface area contributed by atoms with Gasteiger partial charge in [0.1, 0.15) is 0 Å². The summed E-state index contributed by atoms with van der Waals surface area (Å²) in [6.07, 6.45) is 5.20. The molecule has 1 aromatic carbocycles. The van der Waals surface area contributed by atoms with Crippen LogP contribution in [0.15, 0.2) is 42.7 Å². The molecule has 1 aliphatic rings. The second kappa shape index (κ2) is 7.34. The molecule has 0 aromatic heterocycles. The average molecular weight is 325 g/mol. The van der Waals surface area contributed by atoms with Gasteiger partial charge in [-0.1, -0.05) is 37.3 Å². The second-order valence-electron chi connectivity index (χ2n) is 4.75. The van der Waals surface area contributed by atoms with Gasteiger partial charge in [-0.05, 0) is 13.3 Å². The van der Waals surface area contributed by atoms with E-state index in [0.717, 1.165) is 18.7 Å². The zero-order valence-electron chi connectivity index (χ0n) is 11.5. The van der Waals surface area contributed by atoms with Gasteiger partial charge in [-0.2, -0.15) is 0 Å². The number of benzene rings is 1. The zero-order valence-corrected chi connectivity index (χ0v) is 13.2. The number of hydrogen-bond acceptors (Lipinski definition) is 3. The van der Waals surface area contributed by atoms with Crippen molar-refractivity contribution in [2.75, 3.05) is 13.2 Å². The predicted molar refractivity (Wildman–Crippen MR) is 83.4 cm³/mol. The topological polar surface area (TPSA) is 23.6 Å². The molecule has 2 rings (SSSR count).